The van der Waals surface area contributed by atoms with Crippen LogP contribution in [0.4, 0.5) is 24.9 Å². The molecule has 0 spiro atoms. The zero-order valence-electron chi connectivity index (χ0n) is 16.3. The molecule has 10 heteroatoms. The van der Waals surface area contributed by atoms with E-state index in [1.54, 1.807) is 13.8 Å². The number of rotatable bonds is 4. The molecule has 0 saturated carbocycles. The Labute approximate surface area is 161 Å². The fraction of sp³-hybridized carbons (Fsp3) is 0.778. The number of hydrogen-bond acceptors (Lipinski definition) is 6. The van der Waals surface area contributed by atoms with Crippen LogP contribution in [0.3, 0.4) is 0 Å². The first kappa shape index (κ1) is 20.9. The minimum Gasteiger partial charge on any atom is -0.391 e. The van der Waals surface area contributed by atoms with Crippen LogP contribution in [0.5, 0.6) is 0 Å². The van der Waals surface area contributed by atoms with E-state index in [1.165, 1.54) is 10.6 Å². The summed E-state index contributed by atoms with van der Waals surface area (Å²) in [6.45, 7) is 6.53. The van der Waals surface area contributed by atoms with Crippen LogP contribution < -0.4 is 15.4 Å². The summed E-state index contributed by atoms with van der Waals surface area (Å²) in [4.78, 5) is 20.0. The number of aromatic nitrogens is 2. The second-order valence-electron chi connectivity index (χ2n) is 7.83. The molecule has 1 aromatic rings. The third-order valence-electron chi connectivity index (χ3n) is 5.43. The molecule has 158 valence electrons. The Balaban J connectivity index is 2.05. The summed E-state index contributed by atoms with van der Waals surface area (Å²) in [5, 5.41) is 10.3. The van der Waals surface area contributed by atoms with E-state index in [0.717, 1.165) is 4.90 Å². The maximum atomic E-state index is 13.7. The van der Waals surface area contributed by atoms with Gasteiger partial charge in [-0.1, -0.05) is 13.8 Å². The molecule has 28 heavy (non-hydrogen) atoms. The lowest BCUT2D eigenvalue weighted by Crippen LogP contribution is -2.55. The van der Waals surface area contributed by atoms with E-state index in [0.29, 0.717) is 25.6 Å². The molecule has 1 N–H and O–H groups in total. The van der Waals surface area contributed by atoms with Gasteiger partial charge < -0.3 is 19.6 Å². The van der Waals surface area contributed by atoms with E-state index in [9.17, 15) is 23.1 Å². The molecule has 3 rings (SSSR count). The maximum Gasteiger partial charge on any atom is 0.408 e. The smallest absolute Gasteiger partial charge is 0.391 e. The number of fused-ring (bicyclic) bond motifs is 1. The van der Waals surface area contributed by atoms with E-state index in [4.69, 9.17) is 4.74 Å². The van der Waals surface area contributed by atoms with Gasteiger partial charge in [-0.3, -0.25) is 9.36 Å². The Bertz CT molecular complexity index is 753. The maximum absolute atomic E-state index is 13.7. The first-order valence-electron chi connectivity index (χ1n) is 9.57. The normalized spacial score (nSPS) is 24.4. The van der Waals surface area contributed by atoms with Crippen molar-refractivity contribution in [3.63, 3.8) is 0 Å². The molecule has 0 aliphatic carbocycles. The number of alkyl halides is 3. The van der Waals surface area contributed by atoms with Gasteiger partial charge in [0, 0.05) is 25.7 Å². The van der Waals surface area contributed by atoms with Crippen molar-refractivity contribution in [1.29, 1.82) is 0 Å². The number of morpholine rings is 1. The van der Waals surface area contributed by atoms with E-state index >= 15 is 0 Å². The summed E-state index contributed by atoms with van der Waals surface area (Å²) in [5.74, 6) is 0.0896. The average Bonchev–Trinajstić information content (AvgIpc) is 2.61. The summed E-state index contributed by atoms with van der Waals surface area (Å²) in [6.07, 6.45) is -5.71. The minimum atomic E-state index is -4.48. The number of anilines is 2. The van der Waals surface area contributed by atoms with Gasteiger partial charge in [0.2, 0.25) is 5.95 Å². The van der Waals surface area contributed by atoms with E-state index in [2.05, 4.69) is 4.98 Å². The third kappa shape index (κ3) is 4.12. The number of halogens is 3. The largest absolute Gasteiger partial charge is 0.408 e. The summed E-state index contributed by atoms with van der Waals surface area (Å²) in [5.41, 5.74) is -0.386. The predicted molar refractivity (Wildman–Crippen MR) is 98.8 cm³/mol. The molecule has 2 aliphatic heterocycles. The van der Waals surface area contributed by atoms with Crippen LogP contribution in [-0.2, 0) is 11.3 Å². The SMILES string of the molecule is CC(C)C(O)CN1c2nc(N3CCOCC3C)cc(=O)n2CCC1C(F)(F)F. The van der Waals surface area contributed by atoms with Crippen LogP contribution in [0, 0.1) is 5.92 Å². The first-order valence-corrected chi connectivity index (χ1v) is 9.57. The Morgan fingerprint density at radius 1 is 1.36 bits per heavy atom. The Morgan fingerprint density at radius 3 is 2.68 bits per heavy atom. The van der Waals surface area contributed by atoms with Crippen LogP contribution in [0.1, 0.15) is 27.2 Å². The number of ether oxygens (including phenoxy) is 1. The van der Waals surface area contributed by atoms with Crippen molar-refractivity contribution in [2.24, 2.45) is 5.92 Å². The molecule has 2 aliphatic rings. The fourth-order valence-electron chi connectivity index (χ4n) is 3.63. The zero-order valence-corrected chi connectivity index (χ0v) is 16.3. The van der Waals surface area contributed by atoms with E-state index < -0.39 is 18.3 Å². The summed E-state index contributed by atoms with van der Waals surface area (Å²) < 4.78 is 47.7. The van der Waals surface area contributed by atoms with Crippen molar-refractivity contribution in [3.05, 3.63) is 16.4 Å². The van der Waals surface area contributed by atoms with Gasteiger partial charge >= 0.3 is 6.18 Å². The predicted octanol–water partition coefficient (Wildman–Crippen LogP) is 1.63. The lowest BCUT2D eigenvalue weighted by Gasteiger charge is -2.41. The Hall–Kier alpha value is -1.81. The highest BCUT2D eigenvalue weighted by Crippen LogP contribution is 2.34. The molecule has 3 heterocycles. The second-order valence-corrected chi connectivity index (χ2v) is 7.83. The molecular weight excluding hydrogens is 377 g/mol. The molecule has 0 aromatic carbocycles. The number of hydrogen-bond donors (Lipinski definition) is 1. The van der Waals surface area contributed by atoms with Gasteiger partial charge in [0.1, 0.15) is 11.9 Å². The highest BCUT2D eigenvalue weighted by atomic mass is 19.4. The van der Waals surface area contributed by atoms with Gasteiger partial charge in [-0.2, -0.15) is 18.2 Å². The monoisotopic (exact) mass is 404 g/mol. The van der Waals surface area contributed by atoms with Gasteiger partial charge in [0.25, 0.3) is 5.56 Å². The molecule has 1 fully saturated rings. The van der Waals surface area contributed by atoms with Gasteiger partial charge in [-0.15, -0.1) is 0 Å². The molecule has 3 unspecified atom stereocenters. The number of β-amino-alcohol motifs (C(OH)–C–C–N with tert-alkyl or cyclic N) is 1. The molecule has 3 atom stereocenters. The molecule has 1 aromatic heterocycles. The molecule has 0 bridgehead atoms. The summed E-state index contributed by atoms with van der Waals surface area (Å²) >= 11 is 0. The molecule has 1 saturated heterocycles. The van der Waals surface area contributed by atoms with Crippen LogP contribution in [-0.4, -0.2) is 65.3 Å². The van der Waals surface area contributed by atoms with Crippen molar-refractivity contribution in [1.82, 2.24) is 9.55 Å². The number of aliphatic hydroxyl groups is 1. The van der Waals surface area contributed by atoms with Gasteiger partial charge in [0.15, 0.2) is 0 Å². The summed E-state index contributed by atoms with van der Waals surface area (Å²) in [7, 11) is 0. The van der Waals surface area contributed by atoms with Crippen molar-refractivity contribution < 1.29 is 23.0 Å². The minimum absolute atomic E-state index is 0.0329. The van der Waals surface area contributed by atoms with Crippen LogP contribution >= 0.6 is 0 Å². The second kappa shape index (κ2) is 7.90. The van der Waals surface area contributed by atoms with Gasteiger partial charge in [0.05, 0.1) is 25.4 Å². The lowest BCUT2D eigenvalue weighted by atomic mass is 10.0. The first-order chi connectivity index (χ1) is 13.1. The number of nitrogens with zero attached hydrogens (tertiary/aromatic N) is 4. The van der Waals surface area contributed by atoms with Gasteiger partial charge in [-0.05, 0) is 19.3 Å². The van der Waals surface area contributed by atoms with Crippen molar-refractivity contribution in [3.8, 4) is 0 Å². The van der Waals surface area contributed by atoms with Crippen LogP contribution in [0.15, 0.2) is 10.9 Å². The van der Waals surface area contributed by atoms with E-state index in [-0.39, 0.29) is 43.0 Å². The highest BCUT2D eigenvalue weighted by Gasteiger charge is 2.47. The Morgan fingerprint density at radius 2 is 2.07 bits per heavy atom. The Kier molecular flexibility index (Phi) is 5.90. The quantitative estimate of drug-likeness (QED) is 0.823. The van der Waals surface area contributed by atoms with Crippen molar-refractivity contribution in [2.75, 3.05) is 36.1 Å². The van der Waals surface area contributed by atoms with Crippen molar-refractivity contribution >= 4 is 11.8 Å². The van der Waals surface area contributed by atoms with Crippen LogP contribution in [0.2, 0.25) is 0 Å². The third-order valence-corrected chi connectivity index (χ3v) is 5.43. The number of aliphatic hydroxyl groups excluding tert-OH is 1. The zero-order chi connectivity index (χ0) is 20.6. The van der Waals surface area contributed by atoms with E-state index in [1.807, 2.05) is 11.8 Å². The standard InChI is InChI=1S/C18H27F3N4O3/c1-11(2)13(26)9-25-14(18(19,20)21)4-5-24-16(27)8-15(22-17(24)25)23-6-7-28-10-12(23)3/h8,11-14,26H,4-7,9-10H2,1-3H3. The van der Waals surface area contributed by atoms with Crippen LogP contribution in [0.25, 0.3) is 0 Å². The molecule has 7 nitrogen and oxygen atoms in total. The van der Waals surface area contributed by atoms with Crippen molar-refractivity contribution in [2.45, 2.75) is 58.1 Å². The lowest BCUT2D eigenvalue weighted by molar-refractivity contribution is -0.153. The molecule has 0 amide bonds. The van der Waals surface area contributed by atoms with Gasteiger partial charge in [-0.25, -0.2) is 0 Å². The average molecular weight is 404 g/mol. The fourth-order valence-corrected chi connectivity index (χ4v) is 3.63. The molecule has 0 radical (unpaired) electrons. The summed E-state index contributed by atoms with van der Waals surface area (Å²) in [6, 6.07) is -0.457. The highest BCUT2D eigenvalue weighted by molar-refractivity contribution is 5.47. The topological polar surface area (TPSA) is 70.8 Å². The molecular formula is C18H27F3N4O3.